The van der Waals surface area contributed by atoms with Gasteiger partial charge in [0.25, 0.3) is 0 Å². The standard InChI is InChI=1S/C29H46N5O2.ClH.Co/c1-35-28(22-12-3-7-18-30-22,23-13-4-8-19-31-23)26-16-11-17-27(34-26)29(36-2,24-14-5-9-20-32-24)25-15-6-10-21-33-25;;/h11,16-17,22-26H,3-10,12-15,18-21H2,1-2H3;1H;/q-5;;+2/p-1. The number of piperidine rings is 4. The summed E-state index contributed by atoms with van der Waals surface area (Å²) in [6.07, 6.45) is 20.2. The van der Waals surface area contributed by atoms with Crippen LogP contribution < -0.4 is 0 Å². The summed E-state index contributed by atoms with van der Waals surface area (Å²) in [5.41, 5.74) is -0.169. The zero-order valence-electron chi connectivity index (χ0n) is 23.2. The summed E-state index contributed by atoms with van der Waals surface area (Å²) in [5.74, 6) is 0. The van der Waals surface area contributed by atoms with Gasteiger partial charge in [0.15, 0.2) is 0 Å². The van der Waals surface area contributed by atoms with E-state index in [2.05, 4.69) is 43.2 Å². The van der Waals surface area contributed by atoms with Crippen LogP contribution in [0.2, 0.25) is 0 Å². The van der Waals surface area contributed by atoms with Gasteiger partial charge in [-0.05, 0) is 0 Å². The average Bonchev–Trinajstić information content (AvgIpc) is 3.02. The van der Waals surface area contributed by atoms with Crippen molar-refractivity contribution < 1.29 is 24.3 Å². The maximum atomic E-state index is 6.59. The summed E-state index contributed by atoms with van der Waals surface area (Å²) in [4.78, 5) is 0. The van der Waals surface area contributed by atoms with Crippen LogP contribution in [0.3, 0.4) is 0 Å². The molecule has 5 unspecified atom stereocenters. The Labute approximate surface area is 243 Å². The molecule has 0 bridgehead atoms. The molecule has 0 aliphatic carbocycles. The average molecular weight is 591 g/mol. The Morgan fingerprint density at radius 1 is 0.684 bits per heavy atom. The molecule has 5 atom stereocenters. The third-order valence-corrected chi connectivity index (χ3v) is 9.35. The van der Waals surface area contributed by atoms with Crippen molar-refractivity contribution in [3.8, 4) is 0 Å². The summed E-state index contributed by atoms with van der Waals surface area (Å²) in [7, 11) is 8.05. The third kappa shape index (κ3) is 6.19. The van der Waals surface area contributed by atoms with E-state index in [0.29, 0.717) is 0 Å². The van der Waals surface area contributed by atoms with Crippen molar-refractivity contribution in [1.29, 1.82) is 0 Å². The second-order valence-electron chi connectivity index (χ2n) is 11.2. The van der Waals surface area contributed by atoms with Gasteiger partial charge < -0.3 is 36.1 Å². The monoisotopic (exact) mass is 590 g/mol. The fourth-order valence-corrected chi connectivity index (χ4v) is 7.51. The molecule has 0 radical (unpaired) electrons. The van der Waals surface area contributed by atoms with Crippen LogP contribution in [0.15, 0.2) is 23.9 Å². The SMILES string of the molecule is COC(C1=CC=CC(C(OC)(C2CCCC[N-]2)C2CCCC[N-]2)[N-]1)(C1CCCC[N-]1)C1CCCC[N-]1.[Cl][Co+]. The molecular formula is C29H46ClCoN5O2-4. The van der Waals surface area contributed by atoms with Gasteiger partial charge in [0.1, 0.15) is 0 Å². The topological polar surface area (TPSA) is 89.0 Å². The molecule has 4 saturated heterocycles. The molecular weight excluding hydrogens is 545 g/mol. The zero-order chi connectivity index (χ0) is 26.8. The van der Waals surface area contributed by atoms with Crippen molar-refractivity contribution in [3.63, 3.8) is 0 Å². The molecule has 0 aromatic carbocycles. The molecule has 0 aromatic rings. The molecule has 0 aromatic heterocycles. The first-order valence-electron chi connectivity index (χ1n) is 14.7. The number of halogens is 1. The van der Waals surface area contributed by atoms with Gasteiger partial charge >= 0.3 is 25.0 Å². The predicted octanol–water partition coefficient (Wildman–Crippen LogP) is 7.34. The number of allylic oxidation sites excluding steroid dienone is 2. The number of hydrogen-bond acceptors (Lipinski definition) is 2. The Hall–Kier alpha value is -0.164. The van der Waals surface area contributed by atoms with Gasteiger partial charge in [-0.25, -0.2) is 0 Å². The summed E-state index contributed by atoms with van der Waals surface area (Å²) in [6.45, 7) is 3.62. The zero-order valence-corrected chi connectivity index (χ0v) is 25.0. The summed E-state index contributed by atoms with van der Waals surface area (Å²) >= 11 is 3.03. The van der Waals surface area contributed by atoms with E-state index in [1.165, 1.54) is 38.5 Å². The van der Waals surface area contributed by atoms with E-state index >= 15 is 0 Å². The third-order valence-electron chi connectivity index (χ3n) is 9.35. The van der Waals surface area contributed by atoms with Crippen LogP contribution in [0.25, 0.3) is 26.6 Å². The molecule has 5 aliphatic heterocycles. The van der Waals surface area contributed by atoms with Gasteiger partial charge in [-0.2, -0.15) is 0 Å². The molecule has 5 rings (SSSR count). The van der Waals surface area contributed by atoms with E-state index in [0.717, 1.165) is 70.4 Å². The quantitative estimate of drug-likeness (QED) is 0.296. The molecule has 5 heterocycles. The minimum atomic E-state index is -0.614. The van der Waals surface area contributed by atoms with Gasteiger partial charge in [0, 0.05) is 25.4 Å². The van der Waals surface area contributed by atoms with Gasteiger partial charge in [-0.1, -0.05) is 101 Å². The van der Waals surface area contributed by atoms with Crippen LogP contribution in [0.5, 0.6) is 0 Å². The number of ether oxygens (including phenoxy) is 2. The second kappa shape index (κ2) is 15.2. The molecule has 0 saturated carbocycles. The van der Waals surface area contributed by atoms with Crippen molar-refractivity contribution in [2.45, 2.75) is 118 Å². The predicted molar refractivity (Wildman–Crippen MR) is 153 cm³/mol. The van der Waals surface area contributed by atoms with Crippen LogP contribution in [0, 0.1) is 0 Å². The minimum absolute atomic E-state index is 0.0842. The van der Waals surface area contributed by atoms with Crippen LogP contribution in [-0.2, 0) is 24.3 Å². The molecule has 38 heavy (non-hydrogen) atoms. The fraction of sp³-hybridized carbons (Fsp3) is 0.862. The van der Waals surface area contributed by atoms with Gasteiger partial charge in [0.2, 0.25) is 0 Å². The van der Waals surface area contributed by atoms with Gasteiger partial charge in [0.05, 0.1) is 0 Å². The Kier molecular flexibility index (Phi) is 12.3. The summed E-state index contributed by atoms with van der Waals surface area (Å²) in [6, 6.07) is 0.234. The number of hydrogen-bond donors (Lipinski definition) is 0. The number of nitrogens with zero attached hydrogens (tertiary/aromatic N) is 5. The van der Waals surface area contributed by atoms with E-state index in [1.54, 1.807) is 0 Å². The Morgan fingerprint density at radius 2 is 1.13 bits per heavy atom. The number of rotatable bonds is 8. The van der Waals surface area contributed by atoms with E-state index in [1.807, 2.05) is 14.2 Å². The maximum absolute atomic E-state index is 6.59. The first kappa shape index (κ1) is 30.8. The molecule has 0 spiro atoms. The normalized spacial score (nSPS) is 35.5. The van der Waals surface area contributed by atoms with Crippen molar-refractivity contribution >= 4 is 10.1 Å². The van der Waals surface area contributed by atoms with E-state index in [4.69, 9.17) is 36.1 Å². The molecule has 4 fully saturated rings. The van der Waals surface area contributed by atoms with Crippen LogP contribution in [-0.4, -0.2) is 81.8 Å². The van der Waals surface area contributed by atoms with Crippen LogP contribution >= 0.6 is 10.1 Å². The van der Waals surface area contributed by atoms with Crippen molar-refractivity contribution in [2.24, 2.45) is 0 Å². The number of methoxy groups -OCH3 is 2. The van der Waals surface area contributed by atoms with Crippen LogP contribution in [0.1, 0.15) is 77.0 Å². The van der Waals surface area contributed by atoms with Crippen molar-refractivity contribution in [1.82, 2.24) is 0 Å². The fourth-order valence-electron chi connectivity index (χ4n) is 7.51. The summed E-state index contributed by atoms with van der Waals surface area (Å²) in [5, 5.41) is 26.1. The van der Waals surface area contributed by atoms with E-state index in [9.17, 15) is 0 Å². The molecule has 0 N–H and O–H groups in total. The van der Waals surface area contributed by atoms with E-state index in [-0.39, 0.29) is 30.2 Å². The second-order valence-corrected chi connectivity index (χ2v) is 11.2. The van der Waals surface area contributed by atoms with Gasteiger partial charge in [-0.3, -0.25) is 0 Å². The summed E-state index contributed by atoms with van der Waals surface area (Å²) < 4.78 is 13.2. The Bertz CT molecular complexity index is 724. The first-order valence-corrected chi connectivity index (χ1v) is 16.2. The Balaban J connectivity index is 0.00000164. The molecule has 5 aliphatic rings. The molecule has 0 amide bonds. The molecule has 7 nitrogen and oxygen atoms in total. The Morgan fingerprint density at radius 3 is 1.50 bits per heavy atom. The van der Waals surface area contributed by atoms with Crippen molar-refractivity contribution in [2.75, 3.05) is 40.4 Å². The molecule has 9 heteroatoms. The van der Waals surface area contributed by atoms with E-state index < -0.39 is 11.2 Å². The molecule has 219 valence electrons. The van der Waals surface area contributed by atoms with Crippen LogP contribution in [0.4, 0.5) is 0 Å². The van der Waals surface area contributed by atoms with Crippen molar-refractivity contribution in [3.05, 3.63) is 50.5 Å². The van der Waals surface area contributed by atoms with Gasteiger partial charge in [-0.15, -0.1) is 56.0 Å². The first-order chi connectivity index (χ1) is 18.8.